The van der Waals surface area contributed by atoms with Gasteiger partial charge in [-0.15, -0.1) is 11.3 Å². The average molecular weight is 220 g/mol. The molecule has 2 heterocycles. The van der Waals surface area contributed by atoms with Crippen molar-refractivity contribution in [3.8, 4) is 0 Å². The van der Waals surface area contributed by atoms with Crippen molar-refractivity contribution in [3.05, 3.63) is 40.1 Å². The van der Waals surface area contributed by atoms with E-state index >= 15 is 0 Å². The number of aromatic nitrogens is 3. The quantitative estimate of drug-likeness (QED) is 0.849. The summed E-state index contributed by atoms with van der Waals surface area (Å²) >= 11 is 1.68. The van der Waals surface area contributed by atoms with Gasteiger partial charge in [0, 0.05) is 24.2 Å². The molecule has 0 atom stereocenters. The fraction of sp³-hybridized carbons (Fsp3) is 0.300. The maximum Gasteiger partial charge on any atom is 0.0798 e. The Hall–Kier alpha value is -1.33. The van der Waals surface area contributed by atoms with Gasteiger partial charge in [-0.05, 0) is 19.1 Å². The van der Waals surface area contributed by atoms with Gasteiger partial charge in [-0.25, -0.2) is 4.98 Å². The molecule has 78 valence electrons. The molecule has 0 amide bonds. The minimum atomic E-state index is 0.741. The molecule has 0 aliphatic rings. The second kappa shape index (κ2) is 4.95. The first-order valence-electron chi connectivity index (χ1n) is 4.72. The number of thiazole rings is 1. The third-order valence-corrected chi connectivity index (χ3v) is 3.00. The van der Waals surface area contributed by atoms with Crippen LogP contribution in [-0.4, -0.2) is 15.2 Å². The Bertz CT molecular complexity index is 412. The number of rotatable bonds is 4. The Balaban J connectivity index is 1.83. The first-order valence-corrected chi connectivity index (χ1v) is 5.60. The van der Waals surface area contributed by atoms with Gasteiger partial charge in [0.1, 0.15) is 0 Å². The van der Waals surface area contributed by atoms with Crippen LogP contribution in [-0.2, 0) is 13.1 Å². The van der Waals surface area contributed by atoms with Crippen molar-refractivity contribution in [2.45, 2.75) is 20.0 Å². The van der Waals surface area contributed by atoms with E-state index in [2.05, 4.69) is 20.5 Å². The number of hydrogen-bond acceptors (Lipinski definition) is 5. The lowest BCUT2D eigenvalue weighted by atomic mass is 10.3. The summed E-state index contributed by atoms with van der Waals surface area (Å²) < 4.78 is 0. The maximum absolute atomic E-state index is 4.19. The summed E-state index contributed by atoms with van der Waals surface area (Å²) in [5.41, 5.74) is 3.93. The first-order chi connectivity index (χ1) is 7.36. The van der Waals surface area contributed by atoms with Crippen LogP contribution in [0.5, 0.6) is 0 Å². The Kier molecular flexibility index (Phi) is 3.37. The van der Waals surface area contributed by atoms with E-state index < -0.39 is 0 Å². The SMILES string of the molecule is Cc1ncsc1CNCc1cccnn1. The van der Waals surface area contributed by atoms with E-state index in [1.165, 1.54) is 4.88 Å². The van der Waals surface area contributed by atoms with Crippen LogP contribution in [0.25, 0.3) is 0 Å². The predicted octanol–water partition coefficient (Wildman–Crippen LogP) is 1.53. The van der Waals surface area contributed by atoms with Gasteiger partial charge in [-0.2, -0.15) is 10.2 Å². The molecular formula is C10H12N4S. The Labute approximate surface area is 92.4 Å². The number of nitrogens with one attached hydrogen (secondary N) is 1. The molecule has 0 unspecified atom stereocenters. The third kappa shape index (κ3) is 2.81. The zero-order valence-corrected chi connectivity index (χ0v) is 9.29. The number of nitrogens with zero attached hydrogens (tertiary/aromatic N) is 3. The van der Waals surface area contributed by atoms with Crippen molar-refractivity contribution in [3.63, 3.8) is 0 Å². The molecular weight excluding hydrogens is 208 g/mol. The van der Waals surface area contributed by atoms with Crippen LogP contribution in [0.4, 0.5) is 0 Å². The topological polar surface area (TPSA) is 50.7 Å². The molecule has 0 bridgehead atoms. The lowest BCUT2D eigenvalue weighted by molar-refractivity contribution is 0.673. The second-order valence-corrected chi connectivity index (χ2v) is 4.12. The highest BCUT2D eigenvalue weighted by Gasteiger charge is 2.00. The van der Waals surface area contributed by atoms with E-state index in [0.717, 1.165) is 24.5 Å². The van der Waals surface area contributed by atoms with Gasteiger partial charge in [0.05, 0.1) is 16.9 Å². The van der Waals surface area contributed by atoms with Crippen molar-refractivity contribution >= 4 is 11.3 Å². The van der Waals surface area contributed by atoms with Crippen LogP contribution in [0, 0.1) is 6.92 Å². The molecule has 0 saturated heterocycles. The van der Waals surface area contributed by atoms with Gasteiger partial charge in [0.15, 0.2) is 0 Å². The maximum atomic E-state index is 4.19. The zero-order chi connectivity index (χ0) is 10.5. The van der Waals surface area contributed by atoms with E-state index in [9.17, 15) is 0 Å². The molecule has 0 saturated carbocycles. The predicted molar refractivity (Wildman–Crippen MR) is 59.4 cm³/mol. The van der Waals surface area contributed by atoms with Crippen LogP contribution in [0.1, 0.15) is 16.3 Å². The number of hydrogen-bond donors (Lipinski definition) is 1. The molecule has 15 heavy (non-hydrogen) atoms. The summed E-state index contributed by atoms with van der Waals surface area (Å²) in [4.78, 5) is 5.47. The van der Waals surface area contributed by atoms with Crippen LogP contribution < -0.4 is 5.32 Å². The summed E-state index contributed by atoms with van der Waals surface area (Å²) in [7, 11) is 0. The summed E-state index contributed by atoms with van der Waals surface area (Å²) in [6, 6.07) is 3.85. The van der Waals surface area contributed by atoms with Crippen molar-refractivity contribution in [1.82, 2.24) is 20.5 Å². The first kappa shape index (κ1) is 10.2. The molecule has 2 rings (SSSR count). The van der Waals surface area contributed by atoms with Crippen LogP contribution in [0.2, 0.25) is 0 Å². The largest absolute Gasteiger partial charge is 0.306 e. The molecule has 2 aromatic heterocycles. The Morgan fingerprint density at radius 1 is 1.40 bits per heavy atom. The summed E-state index contributed by atoms with van der Waals surface area (Å²) in [5.74, 6) is 0. The van der Waals surface area contributed by atoms with Gasteiger partial charge in [0.2, 0.25) is 0 Å². The number of aryl methyl sites for hydroxylation is 1. The lowest BCUT2D eigenvalue weighted by Gasteiger charge is -2.01. The molecule has 0 aliphatic heterocycles. The molecule has 0 aromatic carbocycles. The lowest BCUT2D eigenvalue weighted by Crippen LogP contribution is -2.13. The van der Waals surface area contributed by atoms with E-state index in [-0.39, 0.29) is 0 Å². The van der Waals surface area contributed by atoms with Gasteiger partial charge in [-0.3, -0.25) is 0 Å². The molecule has 0 spiro atoms. The fourth-order valence-electron chi connectivity index (χ4n) is 1.23. The summed E-state index contributed by atoms with van der Waals surface area (Å²) in [6.07, 6.45) is 1.68. The molecule has 2 aromatic rings. The van der Waals surface area contributed by atoms with Crippen LogP contribution in [0.15, 0.2) is 23.8 Å². The molecule has 0 radical (unpaired) electrons. The van der Waals surface area contributed by atoms with E-state index in [0.29, 0.717) is 0 Å². The van der Waals surface area contributed by atoms with Gasteiger partial charge < -0.3 is 5.32 Å². The third-order valence-electron chi connectivity index (χ3n) is 2.06. The molecule has 5 heteroatoms. The normalized spacial score (nSPS) is 10.5. The highest BCUT2D eigenvalue weighted by Crippen LogP contribution is 2.11. The monoisotopic (exact) mass is 220 g/mol. The van der Waals surface area contributed by atoms with E-state index in [1.54, 1.807) is 17.5 Å². The van der Waals surface area contributed by atoms with Gasteiger partial charge in [0.25, 0.3) is 0 Å². The summed E-state index contributed by atoms with van der Waals surface area (Å²) in [5, 5.41) is 11.1. The minimum Gasteiger partial charge on any atom is -0.306 e. The smallest absolute Gasteiger partial charge is 0.0798 e. The summed E-state index contributed by atoms with van der Waals surface area (Å²) in [6.45, 7) is 3.61. The van der Waals surface area contributed by atoms with E-state index in [4.69, 9.17) is 0 Å². The van der Waals surface area contributed by atoms with Crippen LogP contribution in [0.3, 0.4) is 0 Å². The van der Waals surface area contributed by atoms with Crippen molar-refractivity contribution in [2.75, 3.05) is 0 Å². The van der Waals surface area contributed by atoms with Gasteiger partial charge >= 0.3 is 0 Å². The van der Waals surface area contributed by atoms with Crippen LogP contribution >= 0.6 is 11.3 Å². The van der Waals surface area contributed by atoms with Gasteiger partial charge in [-0.1, -0.05) is 0 Å². The molecule has 0 aliphatic carbocycles. The zero-order valence-electron chi connectivity index (χ0n) is 8.47. The fourth-order valence-corrected chi connectivity index (χ4v) is 1.97. The average Bonchev–Trinajstić information content (AvgIpc) is 2.66. The highest BCUT2D eigenvalue weighted by atomic mass is 32.1. The highest BCUT2D eigenvalue weighted by molar-refractivity contribution is 7.09. The molecule has 0 fully saturated rings. The van der Waals surface area contributed by atoms with Crippen molar-refractivity contribution < 1.29 is 0 Å². The van der Waals surface area contributed by atoms with Crippen molar-refractivity contribution in [1.29, 1.82) is 0 Å². The molecule has 4 nitrogen and oxygen atoms in total. The second-order valence-electron chi connectivity index (χ2n) is 3.18. The standard InChI is InChI=1S/C10H12N4S/c1-8-10(15-7-12-8)6-11-5-9-3-2-4-13-14-9/h2-4,7,11H,5-6H2,1H3. The Morgan fingerprint density at radius 2 is 2.33 bits per heavy atom. The van der Waals surface area contributed by atoms with Crippen molar-refractivity contribution in [2.24, 2.45) is 0 Å². The minimum absolute atomic E-state index is 0.741. The molecule has 1 N–H and O–H groups in total. The Morgan fingerprint density at radius 3 is 3.00 bits per heavy atom. The van der Waals surface area contributed by atoms with E-state index in [1.807, 2.05) is 24.6 Å².